The molecule has 0 aliphatic heterocycles. The van der Waals surface area contributed by atoms with Gasteiger partial charge in [-0.1, -0.05) is 17.7 Å². The topological polar surface area (TPSA) is 76.3 Å². The fraction of sp³-hybridized carbons (Fsp3) is 0.208. The third-order valence-corrected chi connectivity index (χ3v) is 6.48. The van der Waals surface area contributed by atoms with Crippen molar-refractivity contribution in [3.05, 3.63) is 92.1 Å². The van der Waals surface area contributed by atoms with Gasteiger partial charge >= 0.3 is 18.0 Å². The Balaban J connectivity index is 1.99. The summed E-state index contributed by atoms with van der Waals surface area (Å²) in [6.45, 7) is 1.39. The van der Waals surface area contributed by atoms with Gasteiger partial charge in [0.2, 0.25) is 0 Å². The Kier molecular flexibility index (Phi) is 8.70. The van der Waals surface area contributed by atoms with Crippen LogP contribution in [-0.2, 0) is 5.67 Å². The Morgan fingerprint density at radius 3 is 2.20 bits per heavy atom. The fourth-order valence-corrected chi connectivity index (χ4v) is 4.56. The summed E-state index contributed by atoms with van der Waals surface area (Å²) in [4.78, 5) is 26.7. The molecule has 3 aromatic rings. The molecule has 1 N–H and O–H groups in total. The molecule has 0 atom stereocenters. The largest absolute Gasteiger partial charge is 0.619 e. The van der Waals surface area contributed by atoms with Crippen molar-refractivity contribution in [2.24, 2.45) is 0 Å². The van der Waals surface area contributed by atoms with E-state index in [9.17, 15) is 45.5 Å². The van der Waals surface area contributed by atoms with E-state index in [0.29, 0.717) is 4.73 Å². The highest BCUT2D eigenvalue weighted by Gasteiger charge is 2.73. The monoisotopic (exact) mass is 659 g/mol. The Labute approximate surface area is 233 Å². The molecule has 1 aromatic heterocycles. The van der Waals surface area contributed by atoms with E-state index in [4.69, 9.17) is 11.6 Å². The van der Waals surface area contributed by atoms with Crippen LogP contribution in [0.5, 0.6) is 0 Å². The molecule has 0 fully saturated rings. The minimum Gasteiger partial charge on any atom is -0.619 e. The first kappa shape index (κ1) is 31.1. The molecular formula is C24H15BrClF8N3O3. The second-order valence-corrected chi connectivity index (χ2v) is 9.33. The molecule has 16 heteroatoms. The number of rotatable bonds is 6. The number of aromatic nitrogens is 1. The fourth-order valence-electron chi connectivity index (χ4n) is 3.62. The molecule has 40 heavy (non-hydrogen) atoms. The van der Waals surface area contributed by atoms with E-state index in [1.165, 1.54) is 25.1 Å². The standard InChI is InChI=1S/C24H15BrClF8N3O3/c1-2-37(21(39)12-5-4-8-36(40)11-12)17-7-3-6-14(18(17)27)20(38)35-19-15(25)9-13(10-16(19)26)22(28,23(29,30)31)24(32,33)34/h3-11H,2H2,1H3,(H,35,38). The van der Waals surface area contributed by atoms with Crippen molar-refractivity contribution in [2.45, 2.75) is 24.9 Å². The molecule has 0 saturated heterocycles. The Bertz CT molecular complexity index is 1430. The number of carbonyl (C=O) groups excluding carboxylic acids is 2. The molecule has 214 valence electrons. The van der Waals surface area contributed by atoms with Crippen LogP contribution >= 0.6 is 27.5 Å². The van der Waals surface area contributed by atoms with Gasteiger partial charge in [0, 0.05) is 22.6 Å². The van der Waals surface area contributed by atoms with Crippen LogP contribution in [0.2, 0.25) is 5.02 Å². The van der Waals surface area contributed by atoms with E-state index in [1.807, 2.05) is 0 Å². The molecule has 2 amide bonds. The maximum absolute atomic E-state index is 15.4. The van der Waals surface area contributed by atoms with Gasteiger partial charge in [0.15, 0.2) is 18.2 Å². The Morgan fingerprint density at radius 2 is 1.68 bits per heavy atom. The van der Waals surface area contributed by atoms with Crippen molar-refractivity contribution in [3.8, 4) is 0 Å². The lowest BCUT2D eigenvalue weighted by Gasteiger charge is -2.30. The lowest BCUT2D eigenvalue weighted by Crippen LogP contribution is -2.50. The number of anilines is 2. The van der Waals surface area contributed by atoms with Gasteiger partial charge in [-0.3, -0.25) is 9.59 Å². The van der Waals surface area contributed by atoms with Gasteiger partial charge in [-0.2, -0.15) is 31.1 Å². The SMILES string of the molecule is CCN(C(=O)c1ccc[n+]([O-])c1)c1cccc(C(=O)Nc2c(Cl)cc(C(F)(C(F)(F)F)C(F)(F)F)cc2Br)c1F. The highest BCUT2D eigenvalue weighted by atomic mass is 79.9. The molecule has 6 nitrogen and oxygen atoms in total. The molecule has 2 aromatic carbocycles. The number of hydrogen-bond acceptors (Lipinski definition) is 3. The molecule has 1 heterocycles. The second-order valence-electron chi connectivity index (χ2n) is 8.06. The molecule has 0 unspecified atom stereocenters. The summed E-state index contributed by atoms with van der Waals surface area (Å²) in [6, 6.07) is 6.11. The van der Waals surface area contributed by atoms with Crippen LogP contribution in [0.3, 0.4) is 0 Å². The number of nitrogens with one attached hydrogen (secondary N) is 1. The van der Waals surface area contributed by atoms with Crippen molar-refractivity contribution in [3.63, 3.8) is 0 Å². The Morgan fingerprint density at radius 1 is 1.05 bits per heavy atom. The minimum atomic E-state index is -6.40. The first-order valence-electron chi connectivity index (χ1n) is 10.9. The summed E-state index contributed by atoms with van der Waals surface area (Å²) < 4.78 is 108. The van der Waals surface area contributed by atoms with Crippen LogP contribution in [0.4, 0.5) is 46.5 Å². The molecule has 0 spiro atoms. The molecule has 3 rings (SSSR count). The predicted molar refractivity (Wildman–Crippen MR) is 131 cm³/mol. The Hall–Kier alpha value is -3.46. The van der Waals surface area contributed by atoms with Gasteiger partial charge in [0.05, 0.1) is 22.0 Å². The first-order chi connectivity index (χ1) is 18.4. The summed E-state index contributed by atoms with van der Waals surface area (Å²) in [5.74, 6) is -3.26. The quantitative estimate of drug-likeness (QED) is 0.174. The summed E-state index contributed by atoms with van der Waals surface area (Å²) >= 11 is 8.49. The third kappa shape index (κ3) is 5.70. The van der Waals surface area contributed by atoms with Crippen molar-refractivity contribution >= 4 is 50.7 Å². The normalized spacial score (nSPS) is 12.3. The maximum Gasteiger partial charge on any atom is 0.435 e. The predicted octanol–water partition coefficient (Wildman–Crippen LogP) is 7.08. The summed E-state index contributed by atoms with van der Waals surface area (Å²) in [5, 5.41) is 12.7. The average Bonchev–Trinajstić information content (AvgIpc) is 2.85. The molecule has 0 saturated carbocycles. The zero-order chi connectivity index (χ0) is 30.2. The van der Waals surface area contributed by atoms with Crippen LogP contribution in [-0.4, -0.2) is 30.7 Å². The lowest BCUT2D eigenvalue weighted by atomic mass is 9.94. The van der Waals surface area contributed by atoms with E-state index in [1.54, 1.807) is 0 Å². The number of carbonyl (C=O) groups is 2. The molecule has 0 radical (unpaired) electrons. The van der Waals surface area contributed by atoms with Gasteiger partial charge in [0.25, 0.3) is 11.8 Å². The van der Waals surface area contributed by atoms with Crippen molar-refractivity contribution in [1.29, 1.82) is 0 Å². The molecule has 0 aliphatic carbocycles. The van der Waals surface area contributed by atoms with E-state index in [-0.39, 0.29) is 29.9 Å². The van der Waals surface area contributed by atoms with E-state index >= 15 is 4.39 Å². The molecule has 0 aliphatic rings. The number of hydrogen-bond donors (Lipinski definition) is 1. The number of pyridine rings is 1. The van der Waals surface area contributed by atoms with Gasteiger partial charge in [0.1, 0.15) is 5.56 Å². The average molecular weight is 661 g/mol. The van der Waals surface area contributed by atoms with Crippen LogP contribution in [0, 0.1) is 11.0 Å². The van der Waals surface area contributed by atoms with Crippen LogP contribution in [0.15, 0.2) is 59.3 Å². The third-order valence-electron chi connectivity index (χ3n) is 5.56. The highest BCUT2D eigenvalue weighted by molar-refractivity contribution is 9.10. The van der Waals surface area contributed by atoms with Gasteiger partial charge in [-0.15, -0.1) is 0 Å². The minimum absolute atomic E-state index is 0.0370. The van der Waals surface area contributed by atoms with Crippen LogP contribution in [0.25, 0.3) is 0 Å². The number of benzene rings is 2. The van der Waals surface area contributed by atoms with Gasteiger partial charge in [-0.05, 0) is 53.2 Å². The van der Waals surface area contributed by atoms with Crippen molar-refractivity contribution in [1.82, 2.24) is 0 Å². The number of alkyl halides is 7. The van der Waals surface area contributed by atoms with Crippen molar-refractivity contribution < 1.29 is 49.4 Å². The van der Waals surface area contributed by atoms with E-state index in [2.05, 4.69) is 21.2 Å². The zero-order valence-electron chi connectivity index (χ0n) is 19.8. The van der Waals surface area contributed by atoms with E-state index < -0.39 is 62.0 Å². The summed E-state index contributed by atoms with van der Waals surface area (Å²) in [5.41, 5.74) is -9.43. The number of halogens is 10. The smallest absolute Gasteiger partial charge is 0.435 e. The highest BCUT2D eigenvalue weighted by Crippen LogP contribution is 2.54. The van der Waals surface area contributed by atoms with E-state index in [0.717, 1.165) is 29.4 Å². The van der Waals surface area contributed by atoms with Crippen molar-refractivity contribution in [2.75, 3.05) is 16.8 Å². The first-order valence-corrected chi connectivity index (χ1v) is 12.0. The molecular weight excluding hydrogens is 646 g/mol. The zero-order valence-corrected chi connectivity index (χ0v) is 22.1. The van der Waals surface area contributed by atoms with Gasteiger partial charge in [-0.25, -0.2) is 8.78 Å². The number of amides is 2. The maximum atomic E-state index is 15.4. The summed E-state index contributed by atoms with van der Waals surface area (Å²) in [7, 11) is 0. The van der Waals surface area contributed by atoms with Crippen LogP contribution in [0.1, 0.15) is 33.2 Å². The van der Waals surface area contributed by atoms with Crippen LogP contribution < -0.4 is 14.9 Å². The molecule has 0 bridgehead atoms. The van der Waals surface area contributed by atoms with Gasteiger partial charge < -0.3 is 15.4 Å². The summed E-state index contributed by atoms with van der Waals surface area (Å²) in [6.07, 6.45) is -10.7. The second kappa shape index (κ2) is 11.2. The lowest BCUT2D eigenvalue weighted by molar-refractivity contribution is -0.605. The number of nitrogens with zero attached hydrogens (tertiary/aromatic N) is 2.